The number of thiophene rings is 1. The maximum atomic E-state index is 12.0. The SMILES string of the molecule is Nc1cc2c(cc1NC(=O)c1ccsc1)OCCO2. The van der Waals surface area contributed by atoms with Crippen molar-refractivity contribution in [2.75, 3.05) is 24.3 Å². The first-order chi connectivity index (χ1) is 9.24. The highest BCUT2D eigenvalue weighted by atomic mass is 32.1. The highest BCUT2D eigenvalue weighted by molar-refractivity contribution is 7.08. The van der Waals surface area contributed by atoms with Crippen molar-refractivity contribution in [2.45, 2.75) is 0 Å². The van der Waals surface area contributed by atoms with Gasteiger partial charge >= 0.3 is 0 Å². The second-order valence-corrected chi connectivity index (χ2v) is 4.83. The Morgan fingerprint density at radius 3 is 2.68 bits per heavy atom. The number of hydrogen-bond acceptors (Lipinski definition) is 5. The summed E-state index contributed by atoms with van der Waals surface area (Å²) in [6, 6.07) is 5.11. The Balaban J connectivity index is 1.87. The van der Waals surface area contributed by atoms with Crippen LogP contribution in [-0.4, -0.2) is 19.1 Å². The summed E-state index contributed by atoms with van der Waals surface area (Å²) < 4.78 is 10.9. The Morgan fingerprint density at radius 2 is 2.00 bits per heavy atom. The van der Waals surface area contributed by atoms with Crippen LogP contribution in [0, 0.1) is 0 Å². The molecule has 0 unspecified atom stereocenters. The van der Waals surface area contributed by atoms with E-state index >= 15 is 0 Å². The molecule has 1 amide bonds. The molecule has 3 rings (SSSR count). The molecule has 98 valence electrons. The van der Waals surface area contributed by atoms with Gasteiger partial charge in [-0.05, 0) is 11.4 Å². The van der Waals surface area contributed by atoms with Crippen molar-refractivity contribution in [3.63, 3.8) is 0 Å². The van der Waals surface area contributed by atoms with Crippen LogP contribution >= 0.6 is 11.3 Å². The van der Waals surface area contributed by atoms with Crippen LogP contribution in [0.25, 0.3) is 0 Å². The van der Waals surface area contributed by atoms with E-state index in [1.807, 2.05) is 5.38 Å². The zero-order valence-corrected chi connectivity index (χ0v) is 10.8. The number of carbonyl (C=O) groups excluding carboxylic acids is 1. The molecule has 0 saturated carbocycles. The maximum Gasteiger partial charge on any atom is 0.256 e. The number of hydrogen-bond donors (Lipinski definition) is 2. The number of amides is 1. The molecule has 6 heteroatoms. The monoisotopic (exact) mass is 276 g/mol. The first kappa shape index (κ1) is 11.9. The van der Waals surface area contributed by atoms with Crippen molar-refractivity contribution >= 4 is 28.6 Å². The van der Waals surface area contributed by atoms with Gasteiger partial charge in [0, 0.05) is 17.5 Å². The summed E-state index contributed by atoms with van der Waals surface area (Å²) >= 11 is 1.47. The van der Waals surface area contributed by atoms with E-state index in [0.29, 0.717) is 41.7 Å². The third-order valence-corrected chi connectivity index (χ3v) is 3.43. The maximum absolute atomic E-state index is 12.0. The van der Waals surface area contributed by atoms with E-state index in [2.05, 4.69) is 5.32 Å². The van der Waals surface area contributed by atoms with E-state index in [0.717, 1.165) is 0 Å². The number of nitrogens with two attached hydrogens (primary N) is 1. The summed E-state index contributed by atoms with van der Waals surface area (Å²) in [4.78, 5) is 12.0. The summed E-state index contributed by atoms with van der Waals surface area (Å²) in [6.45, 7) is 1.00. The Hall–Kier alpha value is -2.21. The van der Waals surface area contributed by atoms with E-state index in [-0.39, 0.29) is 5.91 Å². The van der Waals surface area contributed by atoms with Crippen LogP contribution in [0.3, 0.4) is 0 Å². The molecule has 5 nitrogen and oxygen atoms in total. The lowest BCUT2D eigenvalue weighted by molar-refractivity contribution is 0.102. The lowest BCUT2D eigenvalue weighted by atomic mass is 10.2. The molecule has 0 atom stereocenters. The van der Waals surface area contributed by atoms with Gasteiger partial charge in [-0.15, -0.1) is 0 Å². The topological polar surface area (TPSA) is 73.6 Å². The molecule has 0 bridgehead atoms. The second-order valence-electron chi connectivity index (χ2n) is 4.05. The van der Waals surface area contributed by atoms with Crippen molar-refractivity contribution in [1.82, 2.24) is 0 Å². The second kappa shape index (κ2) is 4.81. The van der Waals surface area contributed by atoms with Gasteiger partial charge in [0.15, 0.2) is 11.5 Å². The first-order valence-electron chi connectivity index (χ1n) is 5.77. The van der Waals surface area contributed by atoms with Crippen molar-refractivity contribution in [1.29, 1.82) is 0 Å². The minimum atomic E-state index is -0.190. The number of anilines is 2. The fourth-order valence-electron chi connectivity index (χ4n) is 1.80. The van der Waals surface area contributed by atoms with Crippen LogP contribution in [0.1, 0.15) is 10.4 Å². The predicted molar refractivity (Wildman–Crippen MR) is 74.1 cm³/mol. The lowest BCUT2D eigenvalue weighted by Gasteiger charge is -2.20. The van der Waals surface area contributed by atoms with Crippen LogP contribution in [-0.2, 0) is 0 Å². The summed E-state index contributed by atoms with van der Waals surface area (Å²) in [5.41, 5.74) is 7.49. The van der Waals surface area contributed by atoms with Crippen molar-refractivity contribution in [3.8, 4) is 11.5 Å². The van der Waals surface area contributed by atoms with Gasteiger partial charge in [0.2, 0.25) is 0 Å². The van der Waals surface area contributed by atoms with E-state index in [1.165, 1.54) is 11.3 Å². The number of benzene rings is 1. The molecule has 0 aliphatic carbocycles. The quantitative estimate of drug-likeness (QED) is 0.826. The number of fused-ring (bicyclic) bond motifs is 1. The van der Waals surface area contributed by atoms with Crippen LogP contribution < -0.4 is 20.5 Å². The van der Waals surface area contributed by atoms with Gasteiger partial charge in [-0.1, -0.05) is 0 Å². The molecule has 0 radical (unpaired) electrons. The van der Waals surface area contributed by atoms with E-state index in [1.54, 1.807) is 23.6 Å². The minimum Gasteiger partial charge on any atom is -0.486 e. The highest BCUT2D eigenvalue weighted by Crippen LogP contribution is 2.37. The van der Waals surface area contributed by atoms with Gasteiger partial charge in [0.05, 0.1) is 16.9 Å². The van der Waals surface area contributed by atoms with Crippen molar-refractivity contribution in [2.24, 2.45) is 0 Å². The molecule has 1 aromatic carbocycles. The van der Waals surface area contributed by atoms with Crippen LogP contribution in [0.5, 0.6) is 11.5 Å². The molecule has 1 aliphatic heterocycles. The van der Waals surface area contributed by atoms with E-state index in [9.17, 15) is 4.79 Å². The summed E-state index contributed by atoms with van der Waals surface area (Å²) in [5, 5.41) is 6.40. The van der Waals surface area contributed by atoms with Crippen LogP contribution in [0.2, 0.25) is 0 Å². The molecule has 2 aromatic rings. The molecule has 3 N–H and O–H groups in total. The average Bonchev–Trinajstić information content (AvgIpc) is 2.93. The Morgan fingerprint density at radius 1 is 1.26 bits per heavy atom. The molecule has 19 heavy (non-hydrogen) atoms. The zero-order valence-electron chi connectivity index (χ0n) is 10.0. The van der Waals surface area contributed by atoms with Crippen LogP contribution in [0.4, 0.5) is 11.4 Å². The third kappa shape index (κ3) is 2.34. The molecule has 2 heterocycles. The van der Waals surface area contributed by atoms with Gasteiger partial charge in [-0.3, -0.25) is 4.79 Å². The number of rotatable bonds is 2. The summed E-state index contributed by atoms with van der Waals surface area (Å²) in [6.07, 6.45) is 0. The Labute approximate surface area is 113 Å². The Kier molecular flexibility index (Phi) is 3.00. The highest BCUT2D eigenvalue weighted by Gasteiger charge is 2.16. The number of nitrogens with one attached hydrogen (secondary N) is 1. The Bertz CT molecular complexity index is 611. The molecular formula is C13H12N2O3S. The fourth-order valence-corrected chi connectivity index (χ4v) is 2.44. The molecule has 1 aromatic heterocycles. The number of nitrogen functional groups attached to an aromatic ring is 1. The number of carbonyl (C=O) groups is 1. The molecule has 0 saturated heterocycles. The van der Waals surface area contributed by atoms with Crippen molar-refractivity contribution < 1.29 is 14.3 Å². The first-order valence-corrected chi connectivity index (χ1v) is 6.71. The van der Waals surface area contributed by atoms with Crippen molar-refractivity contribution in [3.05, 3.63) is 34.5 Å². The predicted octanol–water partition coefficient (Wildman–Crippen LogP) is 2.35. The van der Waals surface area contributed by atoms with E-state index in [4.69, 9.17) is 15.2 Å². The fraction of sp³-hybridized carbons (Fsp3) is 0.154. The largest absolute Gasteiger partial charge is 0.486 e. The van der Waals surface area contributed by atoms with Gasteiger partial charge in [0.1, 0.15) is 13.2 Å². The minimum absolute atomic E-state index is 0.190. The molecule has 0 spiro atoms. The summed E-state index contributed by atoms with van der Waals surface area (Å²) in [7, 11) is 0. The third-order valence-electron chi connectivity index (χ3n) is 2.75. The molecular weight excluding hydrogens is 264 g/mol. The zero-order chi connectivity index (χ0) is 13.2. The van der Waals surface area contributed by atoms with Gasteiger partial charge in [-0.25, -0.2) is 0 Å². The number of ether oxygens (including phenoxy) is 2. The summed E-state index contributed by atoms with van der Waals surface area (Å²) in [5.74, 6) is 1.02. The molecule has 1 aliphatic rings. The van der Waals surface area contributed by atoms with E-state index < -0.39 is 0 Å². The van der Waals surface area contributed by atoms with Gasteiger partial charge in [0.25, 0.3) is 5.91 Å². The lowest BCUT2D eigenvalue weighted by Crippen LogP contribution is -2.17. The van der Waals surface area contributed by atoms with Gasteiger partial charge < -0.3 is 20.5 Å². The molecule has 0 fully saturated rings. The smallest absolute Gasteiger partial charge is 0.256 e. The van der Waals surface area contributed by atoms with Gasteiger partial charge in [-0.2, -0.15) is 11.3 Å². The average molecular weight is 276 g/mol. The standard InChI is InChI=1S/C13H12N2O3S/c14-9-5-11-12(18-3-2-17-11)6-10(9)15-13(16)8-1-4-19-7-8/h1,4-7H,2-3,14H2,(H,15,16). The normalized spacial score (nSPS) is 13.1. The van der Waals surface area contributed by atoms with Crippen LogP contribution in [0.15, 0.2) is 29.0 Å².